The number of amides is 3. The van der Waals surface area contributed by atoms with Gasteiger partial charge >= 0.3 is 0 Å². The molecule has 0 saturated carbocycles. The summed E-state index contributed by atoms with van der Waals surface area (Å²) < 4.78 is 5.76. The molecule has 3 amide bonds. The number of benzene rings is 1. The van der Waals surface area contributed by atoms with Crippen LogP contribution >= 0.6 is 0 Å². The molecule has 4 heterocycles. The highest BCUT2D eigenvalue weighted by Crippen LogP contribution is 2.43. The van der Waals surface area contributed by atoms with Crippen LogP contribution in [0.3, 0.4) is 0 Å². The second kappa shape index (κ2) is 9.91. The lowest BCUT2D eigenvalue weighted by Gasteiger charge is -2.39. The Kier molecular flexibility index (Phi) is 6.69. The molecule has 3 saturated heterocycles. The van der Waals surface area contributed by atoms with Gasteiger partial charge in [-0.25, -0.2) is 0 Å². The number of piperidine rings is 1. The van der Waals surface area contributed by atoms with Gasteiger partial charge in [-0.2, -0.15) is 0 Å². The normalized spacial score (nSPS) is 23.4. The fraction of sp³-hybridized carbons (Fsp3) is 0.500. The van der Waals surface area contributed by atoms with Gasteiger partial charge in [0.1, 0.15) is 5.75 Å². The summed E-state index contributed by atoms with van der Waals surface area (Å²) in [7, 11) is 1.77. The van der Waals surface area contributed by atoms with Crippen LogP contribution < -0.4 is 4.74 Å². The summed E-state index contributed by atoms with van der Waals surface area (Å²) in [4.78, 5) is 48.6. The molecule has 0 N–H and O–H groups in total. The highest BCUT2D eigenvalue weighted by Gasteiger charge is 2.48. The van der Waals surface area contributed by atoms with Crippen LogP contribution in [-0.4, -0.2) is 77.2 Å². The predicted octanol–water partition coefficient (Wildman–Crippen LogP) is 2.83. The molecule has 3 aliphatic heterocycles. The molecule has 8 heteroatoms. The SMILES string of the molecule is Cc1ccccc1OCC(=O)N1CCC2(CC1)CCN(C(=O)[C@@H]1CC(=O)N(C)[C@H]1c1cccnc1)C2. The van der Waals surface area contributed by atoms with Gasteiger partial charge in [-0.05, 0) is 54.9 Å². The molecule has 190 valence electrons. The lowest BCUT2D eigenvalue weighted by Crippen LogP contribution is -2.46. The van der Waals surface area contributed by atoms with E-state index in [1.807, 2.05) is 53.1 Å². The van der Waals surface area contributed by atoms with Crippen LogP contribution in [0.5, 0.6) is 5.75 Å². The van der Waals surface area contributed by atoms with Gasteiger partial charge in [-0.1, -0.05) is 24.3 Å². The summed E-state index contributed by atoms with van der Waals surface area (Å²) >= 11 is 0. The molecule has 0 bridgehead atoms. The van der Waals surface area contributed by atoms with Crippen LogP contribution in [0, 0.1) is 18.3 Å². The highest BCUT2D eigenvalue weighted by atomic mass is 16.5. The third kappa shape index (κ3) is 4.68. The Labute approximate surface area is 212 Å². The molecule has 2 atom stereocenters. The number of hydrogen-bond donors (Lipinski definition) is 0. The van der Waals surface area contributed by atoms with Crippen molar-refractivity contribution in [2.24, 2.45) is 11.3 Å². The number of para-hydroxylation sites is 1. The van der Waals surface area contributed by atoms with Crippen LogP contribution in [0.4, 0.5) is 0 Å². The fourth-order valence-corrected chi connectivity index (χ4v) is 6.04. The maximum atomic E-state index is 13.6. The zero-order valence-electron chi connectivity index (χ0n) is 21.1. The minimum atomic E-state index is -0.387. The molecule has 5 rings (SSSR count). The molecule has 1 aromatic heterocycles. The Morgan fingerprint density at radius 1 is 1.06 bits per heavy atom. The molecule has 1 aromatic carbocycles. The first kappa shape index (κ1) is 24.3. The topological polar surface area (TPSA) is 83.0 Å². The summed E-state index contributed by atoms with van der Waals surface area (Å²) in [6, 6.07) is 11.2. The van der Waals surface area contributed by atoms with E-state index in [0.29, 0.717) is 26.2 Å². The number of likely N-dealkylation sites (tertiary alicyclic amines) is 3. The number of ether oxygens (including phenoxy) is 1. The average Bonchev–Trinajstić information content (AvgIpc) is 3.44. The first-order valence-electron chi connectivity index (χ1n) is 12.8. The Bertz CT molecular complexity index is 1130. The molecule has 0 aliphatic carbocycles. The summed E-state index contributed by atoms with van der Waals surface area (Å²) in [6.45, 7) is 4.78. The van der Waals surface area contributed by atoms with E-state index in [1.54, 1.807) is 24.3 Å². The summed E-state index contributed by atoms with van der Waals surface area (Å²) in [5.74, 6) is 0.414. The van der Waals surface area contributed by atoms with E-state index in [2.05, 4.69) is 4.98 Å². The molecular weight excluding hydrogens is 456 g/mol. The number of hydrogen-bond acceptors (Lipinski definition) is 5. The minimum absolute atomic E-state index is 0.00384. The highest BCUT2D eigenvalue weighted by molar-refractivity contribution is 5.90. The van der Waals surface area contributed by atoms with Gasteiger partial charge in [0, 0.05) is 52.0 Å². The van der Waals surface area contributed by atoms with Crippen LogP contribution in [0.25, 0.3) is 0 Å². The number of carbonyl (C=O) groups excluding carboxylic acids is 3. The first-order valence-corrected chi connectivity index (χ1v) is 12.8. The summed E-state index contributed by atoms with van der Waals surface area (Å²) in [5.41, 5.74) is 1.96. The van der Waals surface area contributed by atoms with Gasteiger partial charge < -0.3 is 19.4 Å². The largest absolute Gasteiger partial charge is 0.484 e. The first-order chi connectivity index (χ1) is 17.4. The smallest absolute Gasteiger partial charge is 0.260 e. The lowest BCUT2D eigenvalue weighted by atomic mass is 9.77. The van der Waals surface area contributed by atoms with E-state index >= 15 is 0 Å². The number of pyridine rings is 1. The van der Waals surface area contributed by atoms with Gasteiger partial charge in [0.2, 0.25) is 11.8 Å². The molecule has 3 fully saturated rings. The van der Waals surface area contributed by atoms with Crippen molar-refractivity contribution < 1.29 is 19.1 Å². The second-order valence-electron chi connectivity index (χ2n) is 10.5. The van der Waals surface area contributed by atoms with Gasteiger partial charge in [0.15, 0.2) is 6.61 Å². The van der Waals surface area contributed by atoms with Crippen molar-refractivity contribution in [3.63, 3.8) is 0 Å². The molecule has 8 nitrogen and oxygen atoms in total. The number of aryl methyl sites for hydroxylation is 1. The maximum absolute atomic E-state index is 13.6. The standard InChI is InChI=1S/C28H34N4O4/c1-20-6-3-4-8-23(20)36-18-25(34)31-13-9-28(10-14-31)11-15-32(19-28)27(35)22-16-24(33)30(2)26(22)21-7-5-12-29-17-21/h3-8,12,17,22,26H,9-11,13-16,18-19H2,1-2H3/t22-,26+/m1/s1. The van der Waals surface area contributed by atoms with Crippen molar-refractivity contribution >= 4 is 17.7 Å². The van der Waals surface area contributed by atoms with E-state index in [1.165, 1.54) is 0 Å². The molecule has 3 aliphatic rings. The zero-order valence-corrected chi connectivity index (χ0v) is 21.1. The lowest BCUT2D eigenvalue weighted by molar-refractivity contribution is -0.138. The van der Waals surface area contributed by atoms with Crippen LogP contribution in [0.15, 0.2) is 48.8 Å². The second-order valence-corrected chi connectivity index (χ2v) is 10.5. The van der Waals surface area contributed by atoms with E-state index in [9.17, 15) is 14.4 Å². The minimum Gasteiger partial charge on any atom is -0.484 e. The Morgan fingerprint density at radius 3 is 2.47 bits per heavy atom. The third-order valence-electron chi connectivity index (χ3n) is 8.30. The van der Waals surface area contributed by atoms with Crippen molar-refractivity contribution in [3.8, 4) is 5.75 Å². The van der Waals surface area contributed by atoms with Crippen molar-refractivity contribution in [1.29, 1.82) is 0 Å². The third-order valence-corrected chi connectivity index (χ3v) is 8.30. The molecular formula is C28H34N4O4. The molecule has 0 radical (unpaired) electrons. The molecule has 1 spiro atoms. The Hall–Kier alpha value is -3.42. The number of aromatic nitrogens is 1. The monoisotopic (exact) mass is 490 g/mol. The van der Waals surface area contributed by atoms with Crippen LogP contribution in [-0.2, 0) is 14.4 Å². The van der Waals surface area contributed by atoms with Crippen LogP contribution in [0.2, 0.25) is 0 Å². The van der Waals surface area contributed by atoms with E-state index in [-0.39, 0.29) is 48.1 Å². The Morgan fingerprint density at radius 2 is 1.78 bits per heavy atom. The van der Waals surface area contributed by atoms with Gasteiger partial charge in [0.05, 0.1) is 12.0 Å². The van der Waals surface area contributed by atoms with Gasteiger partial charge in [0.25, 0.3) is 5.91 Å². The number of carbonyl (C=O) groups is 3. The maximum Gasteiger partial charge on any atom is 0.260 e. The molecule has 0 unspecified atom stereocenters. The van der Waals surface area contributed by atoms with Crippen molar-refractivity contribution in [2.45, 2.75) is 38.6 Å². The van der Waals surface area contributed by atoms with Crippen LogP contribution in [0.1, 0.15) is 42.9 Å². The van der Waals surface area contributed by atoms with E-state index in [4.69, 9.17) is 4.74 Å². The average molecular weight is 491 g/mol. The van der Waals surface area contributed by atoms with Crippen molar-refractivity contribution in [3.05, 3.63) is 59.9 Å². The van der Waals surface area contributed by atoms with E-state index < -0.39 is 0 Å². The Balaban J connectivity index is 1.17. The summed E-state index contributed by atoms with van der Waals surface area (Å²) in [6.07, 6.45) is 6.38. The predicted molar refractivity (Wildman–Crippen MR) is 134 cm³/mol. The molecule has 36 heavy (non-hydrogen) atoms. The van der Waals surface area contributed by atoms with Gasteiger partial charge in [-0.15, -0.1) is 0 Å². The summed E-state index contributed by atoms with van der Waals surface area (Å²) in [5, 5.41) is 0. The number of nitrogens with zero attached hydrogens (tertiary/aromatic N) is 4. The van der Waals surface area contributed by atoms with E-state index in [0.717, 1.165) is 36.1 Å². The number of rotatable bonds is 5. The quantitative estimate of drug-likeness (QED) is 0.644. The fourth-order valence-electron chi connectivity index (χ4n) is 6.04. The molecule has 2 aromatic rings. The zero-order chi connectivity index (χ0) is 25.3. The van der Waals surface area contributed by atoms with Crippen molar-refractivity contribution in [1.82, 2.24) is 19.7 Å². The van der Waals surface area contributed by atoms with Gasteiger partial charge in [-0.3, -0.25) is 19.4 Å². The van der Waals surface area contributed by atoms with Crippen molar-refractivity contribution in [2.75, 3.05) is 39.8 Å².